The quantitative estimate of drug-likeness (QED) is 0.570. The summed E-state index contributed by atoms with van der Waals surface area (Å²) < 4.78 is 87.1. The van der Waals surface area contributed by atoms with Crippen LogP contribution in [-0.4, -0.2) is 30.8 Å². The van der Waals surface area contributed by atoms with Gasteiger partial charge in [0.25, 0.3) is 0 Å². The number of ether oxygens (including phenoxy) is 1. The Kier molecular flexibility index (Phi) is 5.00. The molecule has 0 N–H and O–H groups in total. The molecular formula is C12H11F4O4S-. The minimum atomic E-state index is -6.46. The first-order chi connectivity index (χ1) is 9.51. The molecule has 0 radical (unpaired) electrons. The van der Waals surface area contributed by atoms with Crippen LogP contribution in [0.4, 0.5) is 17.6 Å². The lowest BCUT2D eigenvalue weighted by atomic mass is 10.2. The van der Waals surface area contributed by atoms with Crippen LogP contribution in [0.1, 0.15) is 12.0 Å². The maximum absolute atomic E-state index is 13.1. The fourth-order valence-corrected chi connectivity index (χ4v) is 1.79. The normalized spacial score (nSPS) is 13.0. The minimum absolute atomic E-state index is 0.129. The third kappa shape index (κ3) is 3.94. The predicted molar refractivity (Wildman–Crippen MR) is 66.2 cm³/mol. The molecule has 0 bridgehead atoms. The molecule has 0 fully saturated rings. The molecule has 21 heavy (non-hydrogen) atoms. The van der Waals surface area contributed by atoms with E-state index in [-0.39, 0.29) is 5.75 Å². The predicted octanol–water partition coefficient (Wildman–Crippen LogP) is 2.87. The second-order valence-corrected chi connectivity index (χ2v) is 5.47. The fraction of sp³-hybridized carbons (Fsp3) is 0.333. The molecule has 1 aromatic rings. The molecule has 0 unspecified atom stereocenters. The van der Waals surface area contributed by atoms with E-state index in [2.05, 4.69) is 6.58 Å². The smallest absolute Gasteiger partial charge is 0.396 e. The van der Waals surface area contributed by atoms with Crippen LogP contribution in [0.5, 0.6) is 5.75 Å². The molecule has 0 aromatic heterocycles. The molecule has 118 valence electrons. The Hall–Kier alpha value is -1.61. The van der Waals surface area contributed by atoms with E-state index >= 15 is 0 Å². The summed E-state index contributed by atoms with van der Waals surface area (Å²) in [5.74, 6) is -4.89. The van der Waals surface area contributed by atoms with Gasteiger partial charge in [-0.1, -0.05) is 24.8 Å². The highest BCUT2D eigenvalue weighted by atomic mass is 32.2. The first-order valence-corrected chi connectivity index (χ1v) is 6.98. The third-order valence-electron chi connectivity index (χ3n) is 2.54. The highest BCUT2D eigenvalue weighted by molar-refractivity contribution is 7.86. The molecule has 0 aliphatic rings. The second kappa shape index (κ2) is 6.02. The lowest BCUT2D eigenvalue weighted by Gasteiger charge is -2.28. The van der Waals surface area contributed by atoms with Gasteiger partial charge in [0.15, 0.2) is 10.1 Å². The van der Waals surface area contributed by atoms with Crippen molar-refractivity contribution in [1.82, 2.24) is 0 Å². The van der Waals surface area contributed by atoms with E-state index in [1.807, 2.05) is 0 Å². The van der Waals surface area contributed by atoms with E-state index in [1.54, 1.807) is 12.1 Å². The number of rotatable bonds is 7. The van der Waals surface area contributed by atoms with Crippen LogP contribution in [0.15, 0.2) is 30.8 Å². The summed E-state index contributed by atoms with van der Waals surface area (Å²) >= 11 is 0. The van der Waals surface area contributed by atoms with Crippen LogP contribution in [0.25, 0.3) is 6.08 Å². The standard InChI is InChI=1S/C12H12F4O4S/c1-2-9-3-5-10(6-4-9)20-8-7-11(13,14)12(15,16)21(17,18)19/h2-6H,1,7-8H2,(H,17,18,19)/p-1. The molecule has 1 aromatic carbocycles. The van der Waals surface area contributed by atoms with Crippen molar-refractivity contribution in [3.05, 3.63) is 36.4 Å². The van der Waals surface area contributed by atoms with E-state index in [4.69, 9.17) is 4.74 Å². The van der Waals surface area contributed by atoms with Crippen molar-refractivity contribution in [2.24, 2.45) is 0 Å². The van der Waals surface area contributed by atoms with E-state index in [1.165, 1.54) is 18.2 Å². The van der Waals surface area contributed by atoms with Crippen molar-refractivity contribution in [3.8, 4) is 5.75 Å². The topological polar surface area (TPSA) is 66.4 Å². The highest BCUT2D eigenvalue weighted by Crippen LogP contribution is 2.40. The van der Waals surface area contributed by atoms with Crippen LogP contribution in [0.2, 0.25) is 0 Å². The van der Waals surface area contributed by atoms with E-state index in [9.17, 15) is 30.5 Å². The third-order valence-corrected chi connectivity index (χ3v) is 3.47. The summed E-state index contributed by atoms with van der Waals surface area (Å²) in [4.78, 5) is 0. The summed E-state index contributed by atoms with van der Waals surface area (Å²) in [7, 11) is -6.46. The number of hydrogen-bond donors (Lipinski definition) is 0. The van der Waals surface area contributed by atoms with Crippen molar-refractivity contribution < 1.29 is 35.3 Å². The summed E-state index contributed by atoms with van der Waals surface area (Å²) in [6.45, 7) is 2.61. The van der Waals surface area contributed by atoms with Crippen LogP contribution < -0.4 is 4.74 Å². The lowest BCUT2D eigenvalue weighted by molar-refractivity contribution is -0.167. The van der Waals surface area contributed by atoms with Crippen LogP contribution >= 0.6 is 0 Å². The number of alkyl halides is 4. The van der Waals surface area contributed by atoms with Gasteiger partial charge in [-0.15, -0.1) is 0 Å². The average molecular weight is 327 g/mol. The molecule has 0 heterocycles. The highest BCUT2D eigenvalue weighted by Gasteiger charge is 2.61. The van der Waals surface area contributed by atoms with Crippen molar-refractivity contribution >= 4 is 16.2 Å². The Bertz CT molecular complexity index is 596. The number of benzene rings is 1. The maximum Gasteiger partial charge on any atom is 0.396 e. The lowest BCUT2D eigenvalue weighted by Crippen LogP contribution is -2.47. The first-order valence-electron chi connectivity index (χ1n) is 5.57. The summed E-state index contributed by atoms with van der Waals surface area (Å²) in [5, 5.41) is -5.68. The van der Waals surface area contributed by atoms with Crippen molar-refractivity contribution in [2.45, 2.75) is 17.6 Å². The van der Waals surface area contributed by atoms with Gasteiger partial charge in [-0.2, -0.15) is 17.6 Å². The second-order valence-electron chi connectivity index (χ2n) is 4.05. The molecule has 9 heteroatoms. The molecule has 4 nitrogen and oxygen atoms in total. The van der Waals surface area contributed by atoms with Gasteiger partial charge in [0, 0.05) is 0 Å². The Morgan fingerprint density at radius 1 is 1.19 bits per heavy atom. The van der Waals surface area contributed by atoms with E-state index in [0.717, 1.165) is 5.56 Å². The van der Waals surface area contributed by atoms with Gasteiger partial charge in [-0.05, 0) is 17.7 Å². The molecule has 0 aliphatic heterocycles. The van der Waals surface area contributed by atoms with Gasteiger partial charge in [-0.25, -0.2) is 8.42 Å². The largest absolute Gasteiger partial charge is 0.743 e. The van der Waals surface area contributed by atoms with Gasteiger partial charge in [0.05, 0.1) is 13.0 Å². The van der Waals surface area contributed by atoms with Crippen LogP contribution in [0, 0.1) is 0 Å². The van der Waals surface area contributed by atoms with Crippen molar-refractivity contribution in [3.63, 3.8) is 0 Å². The fourth-order valence-electron chi connectivity index (χ4n) is 1.33. The zero-order chi connectivity index (χ0) is 16.3. The Morgan fingerprint density at radius 3 is 2.14 bits per heavy atom. The first kappa shape index (κ1) is 17.4. The van der Waals surface area contributed by atoms with E-state index < -0.39 is 34.3 Å². The minimum Gasteiger partial charge on any atom is -0.743 e. The zero-order valence-electron chi connectivity index (χ0n) is 10.6. The van der Waals surface area contributed by atoms with Crippen molar-refractivity contribution in [1.29, 1.82) is 0 Å². The maximum atomic E-state index is 13.1. The molecule has 0 spiro atoms. The molecular weight excluding hydrogens is 316 g/mol. The van der Waals surface area contributed by atoms with Crippen LogP contribution in [-0.2, 0) is 10.1 Å². The van der Waals surface area contributed by atoms with Gasteiger partial charge in [0.2, 0.25) is 0 Å². The molecule has 0 aliphatic carbocycles. The number of halogens is 4. The Labute approximate surface area is 118 Å². The SMILES string of the molecule is C=Cc1ccc(OCCC(F)(F)C(F)(F)S(=O)(=O)[O-])cc1. The molecule has 1 rings (SSSR count). The summed E-state index contributed by atoms with van der Waals surface area (Å²) in [6, 6.07) is 5.91. The van der Waals surface area contributed by atoms with E-state index in [0.29, 0.717) is 0 Å². The van der Waals surface area contributed by atoms with Gasteiger partial charge >= 0.3 is 11.2 Å². The molecule has 0 saturated carbocycles. The summed E-state index contributed by atoms with van der Waals surface area (Å²) in [5.41, 5.74) is 0.733. The monoisotopic (exact) mass is 327 g/mol. The summed E-state index contributed by atoms with van der Waals surface area (Å²) in [6.07, 6.45) is -0.0950. The Balaban J connectivity index is 2.67. The molecule has 0 saturated heterocycles. The Morgan fingerprint density at radius 2 is 1.71 bits per heavy atom. The van der Waals surface area contributed by atoms with Gasteiger partial charge in [0.1, 0.15) is 5.75 Å². The van der Waals surface area contributed by atoms with Crippen LogP contribution in [0.3, 0.4) is 0 Å². The molecule has 0 atom stereocenters. The zero-order valence-corrected chi connectivity index (χ0v) is 11.4. The number of hydrogen-bond acceptors (Lipinski definition) is 4. The van der Waals surface area contributed by atoms with Crippen molar-refractivity contribution in [2.75, 3.05) is 6.61 Å². The molecule has 0 amide bonds. The average Bonchev–Trinajstić information content (AvgIpc) is 2.38. The van der Waals surface area contributed by atoms with Gasteiger partial charge in [-0.3, -0.25) is 0 Å². The van der Waals surface area contributed by atoms with Gasteiger partial charge < -0.3 is 9.29 Å².